The molecular formula is C15H25N3O2. The fourth-order valence-electron chi connectivity index (χ4n) is 2.71. The highest BCUT2D eigenvalue weighted by atomic mass is 16.5. The van der Waals surface area contributed by atoms with E-state index in [2.05, 4.69) is 15.3 Å². The first-order valence-corrected chi connectivity index (χ1v) is 7.55. The average Bonchev–Trinajstić information content (AvgIpc) is 2.65. The molecule has 1 aliphatic carbocycles. The number of nitrogens with one attached hydrogen (secondary N) is 1. The average molecular weight is 279 g/mol. The minimum absolute atomic E-state index is 0.538. The topological polar surface area (TPSA) is 67.3 Å². The first kappa shape index (κ1) is 15.0. The molecule has 20 heavy (non-hydrogen) atoms. The van der Waals surface area contributed by atoms with Crippen LogP contribution in [0.25, 0.3) is 0 Å². The van der Waals surface area contributed by atoms with Crippen LogP contribution in [0.15, 0.2) is 6.33 Å². The Balaban J connectivity index is 2.01. The predicted octanol–water partition coefficient (Wildman–Crippen LogP) is 2.68. The van der Waals surface area contributed by atoms with Crippen molar-refractivity contribution in [3.63, 3.8) is 0 Å². The van der Waals surface area contributed by atoms with Crippen LogP contribution >= 0.6 is 0 Å². The molecule has 0 atom stereocenters. The third-order valence-electron chi connectivity index (χ3n) is 3.94. The molecule has 1 aromatic rings. The molecule has 1 heterocycles. The number of nitrogens with zero attached hydrogens (tertiary/aromatic N) is 2. The van der Waals surface area contributed by atoms with E-state index in [0.717, 1.165) is 37.1 Å². The number of aromatic nitrogens is 2. The Morgan fingerprint density at radius 1 is 1.25 bits per heavy atom. The minimum Gasteiger partial charge on any atom is -0.478 e. The van der Waals surface area contributed by atoms with Crippen molar-refractivity contribution in [1.82, 2.24) is 9.97 Å². The van der Waals surface area contributed by atoms with Gasteiger partial charge in [-0.25, -0.2) is 9.97 Å². The maximum atomic E-state index is 10.6. The van der Waals surface area contributed by atoms with Crippen LogP contribution in [0.5, 0.6) is 5.88 Å². The van der Waals surface area contributed by atoms with E-state index in [1.807, 2.05) is 13.8 Å². The zero-order valence-electron chi connectivity index (χ0n) is 12.5. The van der Waals surface area contributed by atoms with Crippen LogP contribution in [0, 0.1) is 6.92 Å². The zero-order chi connectivity index (χ0) is 14.4. The van der Waals surface area contributed by atoms with Gasteiger partial charge in [0.05, 0.1) is 17.8 Å². The van der Waals surface area contributed by atoms with Gasteiger partial charge in [0.2, 0.25) is 5.88 Å². The van der Waals surface area contributed by atoms with Crippen LogP contribution in [0.3, 0.4) is 0 Å². The van der Waals surface area contributed by atoms with Crippen LogP contribution in [-0.4, -0.2) is 33.8 Å². The summed E-state index contributed by atoms with van der Waals surface area (Å²) in [6.07, 6.45) is 7.88. The molecule has 0 radical (unpaired) electrons. The van der Waals surface area contributed by atoms with Crippen molar-refractivity contribution in [2.24, 2.45) is 0 Å². The molecule has 1 aliphatic rings. The van der Waals surface area contributed by atoms with Crippen LogP contribution in [0.4, 0.5) is 5.82 Å². The maximum absolute atomic E-state index is 10.6. The first-order valence-electron chi connectivity index (χ1n) is 7.55. The lowest BCUT2D eigenvalue weighted by Crippen LogP contribution is -2.36. The summed E-state index contributed by atoms with van der Waals surface area (Å²) in [7, 11) is 0. The quantitative estimate of drug-likeness (QED) is 0.811. The van der Waals surface area contributed by atoms with E-state index in [4.69, 9.17) is 4.74 Å². The molecule has 0 aromatic carbocycles. The van der Waals surface area contributed by atoms with Crippen molar-refractivity contribution in [2.45, 2.75) is 58.0 Å². The molecule has 1 aromatic heterocycles. The maximum Gasteiger partial charge on any atom is 0.221 e. The molecule has 0 bridgehead atoms. The second-order valence-corrected chi connectivity index (χ2v) is 5.58. The summed E-state index contributed by atoms with van der Waals surface area (Å²) in [6.45, 7) is 4.99. The van der Waals surface area contributed by atoms with E-state index >= 15 is 0 Å². The number of hydrogen-bond donors (Lipinski definition) is 2. The van der Waals surface area contributed by atoms with Gasteiger partial charge in [-0.3, -0.25) is 0 Å². The molecular weight excluding hydrogens is 254 g/mol. The van der Waals surface area contributed by atoms with Gasteiger partial charge in [-0.05, 0) is 26.7 Å². The normalized spacial score (nSPS) is 18.4. The fourth-order valence-corrected chi connectivity index (χ4v) is 2.71. The van der Waals surface area contributed by atoms with Gasteiger partial charge >= 0.3 is 0 Å². The second-order valence-electron chi connectivity index (χ2n) is 5.58. The summed E-state index contributed by atoms with van der Waals surface area (Å²) in [6, 6.07) is 0. The van der Waals surface area contributed by atoms with E-state index in [1.54, 1.807) is 0 Å². The van der Waals surface area contributed by atoms with Crippen molar-refractivity contribution in [3.05, 3.63) is 11.9 Å². The Labute approximate surface area is 120 Å². The monoisotopic (exact) mass is 279 g/mol. The predicted molar refractivity (Wildman–Crippen MR) is 79.1 cm³/mol. The van der Waals surface area contributed by atoms with Crippen molar-refractivity contribution in [2.75, 3.05) is 18.5 Å². The number of ether oxygens (including phenoxy) is 1. The molecule has 2 rings (SSSR count). The summed E-state index contributed by atoms with van der Waals surface area (Å²) in [5.41, 5.74) is 0.284. The highest BCUT2D eigenvalue weighted by Gasteiger charge is 2.28. The highest BCUT2D eigenvalue weighted by Crippen LogP contribution is 2.28. The van der Waals surface area contributed by atoms with E-state index in [9.17, 15) is 5.11 Å². The van der Waals surface area contributed by atoms with Gasteiger partial charge < -0.3 is 15.2 Å². The standard InChI is InChI=1S/C15H25N3O2/c1-3-20-14-12(2)13(17-11-18-14)16-10-15(19)8-6-4-5-7-9-15/h11,19H,3-10H2,1-2H3,(H,16,17,18). The van der Waals surface area contributed by atoms with Crippen LogP contribution < -0.4 is 10.1 Å². The van der Waals surface area contributed by atoms with Crippen LogP contribution in [0.2, 0.25) is 0 Å². The molecule has 0 saturated heterocycles. The van der Waals surface area contributed by atoms with Crippen molar-refractivity contribution >= 4 is 5.82 Å². The van der Waals surface area contributed by atoms with Gasteiger partial charge in [0.15, 0.2) is 0 Å². The summed E-state index contributed by atoms with van der Waals surface area (Å²) in [5, 5.41) is 13.9. The molecule has 1 saturated carbocycles. The molecule has 0 aliphatic heterocycles. The van der Waals surface area contributed by atoms with Gasteiger partial charge in [-0.15, -0.1) is 0 Å². The second kappa shape index (κ2) is 6.88. The third kappa shape index (κ3) is 3.82. The largest absolute Gasteiger partial charge is 0.478 e. The summed E-state index contributed by atoms with van der Waals surface area (Å²) in [5.74, 6) is 1.36. The van der Waals surface area contributed by atoms with E-state index in [1.165, 1.54) is 19.2 Å². The van der Waals surface area contributed by atoms with Gasteiger partial charge in [-0.2, -0.15) is 0 Å². The van der Waals surface area contributed by atoms with Gasteiger partial charge in [0, 0.05) is 6.54 Å². The fraction of sp³-hybridized carbons (Fsp3) is 0.733. The molecule has 5 nitrogen and oxygen atoms in total. The smallest absolute Gasteiger partial charge is 0.221 e. The zero-order valence-corrected chi connectivity index (χ0v) is 12.5. The molecule has 5 heteroatoms. The molecule has 1 fully saturated rings. The van der Waals surface area contributed by atoms with Gasteiger partial charge in [-0.1, -0.05) is 25.7 Å². The Morgan fingerprint density at radius 2 is 1.95 bits per heavy atom. The van der Waals surface area contributed by atoms with Gasteiger partial charge in [0.25, 0.3) is 0 Å². The van der Waals surface area contributed by atoms with E-state index < -0.39 is 5.60 Å². The molecule has 0 unspecified atom stereocenters. The summed E-state index contributed by atoms with van der Waals surface area (Å²) >= 11 is 0. The molecule has 0 amide bonds. The SMILES string of the molecule is CCOc1ncnc(NCC2(O)CCCCCC2)c1C. The number of aliphatic hydroxyl groups is 1. The molecule has 2 N–H and O–H groups in total. The lowest BCUT2D eigenvalue weighted by atomic mass is 9.94. The number of hydrogen-bond acceptors (Lipinski definition) is 5. The summed E-state index contributed by atoms with van der Waals surface area (Å²) in [4.78, 5) is 8.37. The van der Waals surface area contributed by atoms with Gasteiger partial charge in [0.1, 0.15) is 12.1 Å². The molecule has 0 spiro atoms. The van der Waals surface area contributed by atoms with Crippen molar-refractivity contribution in [1.29, 1.82) is 0 Å². The highest BCUT2D eigenvalue weighted by molar-refractivity contribution is 5.47. The van der Waals surface area contributed by atoms with Crippen LogP contribution in [0.1, 0.15) is 51.0 Å². The first-order chi connectivity index (χ1) is 9.64. The third-order valence-corrected chi connectivity index (χ3v) is 3.94. The minimum atomic E-state index is -0.611. The Morgan fingerprint density at radius 3 is 2.60 bits per heavy atom. The van der Waals surface area contributed by atoms with Crippen LogP contribution in [-0.2, 0) is 0 Å². The van der Waals surface area contributed by atoms with E-state index in [0.29, 0.717) is 19.0 Å². The summed E-state index contributed by atoms with van der Waals surface area (Å²) < 4.78 is 5.46. The van der Waals surface area contributed by atoms with Crippen molar-refractivity contribution < 1.29 is 9.84 Å². The number of rotatable bonds is 5. The Bertz CT molecular complexity index is 429. The lowest BCUT2D eigenvalue weighted by molar-refractivity contribution is 0.0380. The van der Waals surface area contributed by atoms with Crippen molar-refractivity contribution in [3.8, 4) is 5.88 Å². The van der Waals surface area contributed by atoms with E-state index in [-0.39, 0.29) is 0 Å². The Hall–Kier alpha value is -1.36. The lowest BCUT2D eigenvalue weighted by Gasteiger charge is -2.27. The Kier molecular flexibility index (Phi) is 5.17. The number of anilines is 1. The molecule has 112 valence electrons.